The number of nitrogens with zero attached hydrogens (tertiary/aromatic N) is 4. The molecule has 62 heavy (non-hydrogen) atoms. The highest BCUT2D eigenvalue weighted by molar-refractivity contribution is 6.17. The van der Waals surface area contributed by atoms with E-state index in [2.05, 4.69) is 205 Å². The molecule has 0 amide bonds. The molecule has 0 spiro atoms. The third-order valence-corrected chi connectivity index (χ3v) is 11.8. The van der Waals surface area contributed by atoms with Crippen LogP contribution in [0.3, 0.4) is 0 Å². The van der Waals surface area contributed by atoms with E-state index in [1.54, 1.807) is 0 Å². The summed E-state index contributed by atoms with van der Waals surface area (Å²) < 4.78 is 9.00. The molecule has 3 heterocycles. The maximum Gasteiger partial charge on any atom is 0.164 e. The summed E-state index contributed by atoms with van der Waals surface area (Å²) in [6.45, 7) is 0. The fraction of sp³-hybridized carbons (Fsp3) is 0. The number of hydrogen-bond acceptors (Lipinski definition) is 4. The molecule has 0 atom stereocenters. The minimum atomic E-state index is 0.587. The number of para-hydroxylation sites is 1. The molecular weight excluding hydrogens is 757 g/mol. The maximum absolute atomic E-state index is 6.63. The molecule has 0 N–H and O–H groups in total. The van der Waals surface area contributed by atoms with Gasteiger partial charge in [0.2, 0.25) is 0 Å². The molecule has 3 aromatic heterocycles. The summed E-state index contributed by atoms with van der Waals surface area (Å²) in [5.74, 6) is 1.80. The molecule has 290 valence electrons. The van der Waals surface area contributed by atoms with Crippen LogP contribution in [0.2, 0.25) is 0 Å². The van der Waals surface area contributed by atoms with Gasteiger partial charge in [-0.15, -0.1) is 0 Å². The van der Waals surface area contributed by atoms with Gasteiger partial charge in [0, 0.05) is 43.9 Å². The van der Waals surface area contributed by atoms with Crippen LogP contribution in [0.25, 0.3) is 117 Å². The van der Waals surface area contributed by atoms with Crippen molar-refractivity contribution < 1.29 is 4.42 Å². The number of aromatic nitrogens is 4. The van der Waals surface area contributed by atoms with E-state index in [0.29, 0.717) is 17.5 Å². The van der Waals surface area contributed by atoms with Crippen molar-refractivity contribution in [1.82, 2.24) is 19.5 Å². The summed E-state index contributed by atoms with van der Waals surface area (Å²) in [5, 5.41) is 4.33. The van der Waals surface area contributed by atoms with E-state index in [1.807, 2.05) is 18.2 Å². The van der Waals surface area contributed by atoms with Crippen molar-refractivity contribution in [2.75, 3.05) is 0 Å². The van der Waals surface area contributed by atoms with Crippen LogP contribution in [0.4, 0.5) is 0 Å². The summed E-state index contributed by atoms with van der Waals surface area (Å²) in [5.41, 5.74) is 14.5. The Morgan fingerprint density at radius 2 is 0.742 bits per heavy atom. The van der Waals surface area contributed by atoms with Gasteiger partial charge in [-0.05, 0) is 94.0 Å². The lowest BCUT2D eigenvalue weighted by molar-refractivity contribution is 0.669. The predicted molar refractivity (Wildman–Crippen MR) is 254 cm³/mol. The van der Waals surface area contributed by atoms with E-state index in [9.17, 15) is 0 Å². The second-order valence-corrected chi connectivity index (χ2v) is 15.6. The van der Waals surface area contributed by atoms with Crippen LogP contribution in [0, 0.1) is 0 Å². The Bertz CT molecular complexity index is 3530. The van der Waals surface area contributed by atoms with Crippen LogP contribution < -0.4 is 0 Å². The molecule has 0 fully saturated rings. The van der Waals surface area contributed by atoms with Gasteiger partial charge in [0.25, 0.3) is 0 Å². The number of hydrogen-bond donors (Lipinski definition) is 0. The van der Waals surface area contributed by atoms with Gasteiger partial charge in [-0.1, -0.05) is 158 Å². The average Bonchev–Trinajstić information content (AvgIpc) is 3.88. The molecule has 5 heteroatoms. The third kappa shape index (κ3) is 6.23. The van der Waals surface area contributed by atoms with Gasteiger partial charge >= 0.3 is 0 Å². The van der Waals surface area contributed by atoms with Crippen molar-refractivity contribution in [3.63, 3.8) is 0 Å². The molecule has 0 bridgehead atoms. The fourth-order valence-electron chi connectivity index (χ4n) is 8.81. The van der Waals surface area contributed by atoms with E-state index >= 15 is 0 Å². The first-order valence-corrected chi connectivity index (χ1v) is 20.8. The smallest absolute Gasteiger partial charge is 0.164 e. The molecule has 0 aliphatic carbocycles. The van der Waals surface area contributed by atoms with E-state index in [4.69, 9.17) is 19.4 Å². The van der Waals surface area contributed by atoms with Crippen LogP contribution in [-0.4, -0.2) is 19.5 Å². The molecule has 5 nitrogen and oxygen atoms in total. The molecule has 0 saturated heterocycles. The minimum absolute atomic E-state index is 0.587. The minimum Gasteiger partial charge on any atom is -0.456 e. The lowest BCUT2D eigenvalue weighted by Crippen LogP contribution is -2.00. The van der Waals surface area contributed by atoms with Crippen LogP contribution in [0.5, 0.6) is 0 Å². The van der Waals surface area contributed by atoms with Crippen LogP contribution in [0.1, 0.15) is 0 Å². The Labute approximate surface area is 357 Å². The average molecular weight is 793 g/mol. The first kappa shape index (κ1) is 35.5. The third-order valence-electron chi connectivity index (χ3n) is 11.8. The zero-order valence-electron chi connectivity index (χ0n) is 33.5. The van der Waals surface area contributed by atoms with Crippen molar-refractivity contribution in [2.24, 2.45) is 0 Å². The Kier molecular flexibility index (Phi) is 8.42. The molecule has 0 aliphatic rings. The monoisotopic (exact) mass is 792 g/mol. The predicted octanol–water partition coefficient (Wildman–Crippen LogP) is 14.9. The highest BCUT2D eigenvalue weighted by Crippen LogP contribution is 2.40. The van der Waals surface area contributed by atoms with Gasteiger partial charge in [-0.25, -0.2) is 15.0 Å². The van der Waals surface area contributed by atoms with Crippen LogP contribution in [0.15, 0.2) is 223 Å². The highest BCUT2D eigenvalue weighted by Gasteiger charge is 2.19. The Balaban J connectivity index is 1.04. The standard InChI is InChI=1S/C57H36N4O/c1-4-15-37(16-5-1)40-21-12-24-43(31-40)55-58-56(44-25-13-22-41(32-44)38-17-6-2-7-18-38)60-57(59-55)45-29-30-53-49(34-45)50-35-52-48(36-54(50)62-53)47-27-10-11-28-51(47)61(52)46-26-14-23-42(33-46)39-19-8-3-9-20-39/h1-36H. The molecule has 9 aromatic carbocycles. The topological polar surface area (TPSA) is 56.7 Å². The van der Waals surface area contributed by atoms with Gasteiger partial charge in [-0.2, -0.15) is 0 Å². The summed E-state index contributed by atoms with van der Waals surface area (Å²) in [6.07, 6.45) is 0. The zero-order chi connectivity index (χ0) is 41.0. The molecule has 12 aromatic rings. The SMILES string of the molecule is c1ccc(-c2cccc(-c3nc(-c4cccc(-c5ccccc5)c4)nc(-c4ccc5oc6cc7c8ccccc8n(-c8cccc(-c9ccccc9)c8)c7cc6c5c4)n3)c2)cc1. The molecule has 0 aliphatic heterocycles. The fourth-order valence-corrected chi connectivity index (χ4v) is 8.81. The number of rotatable bonds is 7. The first-order chi connectivity index (χ1) is 30.7. The number of fused-ring (bicyclic) bond motifs is 6. The van der Waals surface area contributed by atoms with Crippen molar-refractivity contribution in [3.05, 3.63) is 218 Å². The first-order valence-electron chi connectivity index (χ1n) is 20.8. The molecular formula is C57H36N4O. The number of furan rings is 1. The van der Waals surface area contributed by atoms with E-state index in [1.165, 1.54) is 16.5 Å². The summed E-state index contributed by atoms with van der Waals surface area (Å²) in [4.78, 5) is 15.5. The van der Waals surface area contributed by atoms with Crippen molar-refractivity contribution in [1.29, 1.82) is 0 Å². The summed E-state index contributed by atoms with van der Waals surface area (Å²) >= 11 is 0. The zero-order valence-corrected chi connectivity index (χ0v) is 33.5. The maximum atomic E-state index is 6.63. The van der Waals surface area contributed by atoms with Gasteiger partial charge in [0.1, 0.15) is 11.2 Å². The number of benzene rings is 9. The largest absolute Gasteiger partial charge is 0.456 e. The normalized spacial score (nSPS) is 11.5. The summed E-state index contributed by atoms with van der Waals surface area (Å²) in [7, 11) is 0. The van der Waals surface area contributed by atoms with E-state index < -0.39 is 0 Å². The Hall–Kier alpha value is -8.41. The van der Waals surface area contributed by atoms with Gasteiger partial charge in [0.05, 0.1) is 11.0 Å². The van der Waals surface area contributed by atoms with Gasteiger partial charge < -0.3 is 8.98 Å². The lowest BCUT2D eigenvalue weighted by atomic mass is 10.0. The molecule has 12 rings (SSSR count). The highest BCUT2D eigenvalue weighted by atomic mass is 16.3. The quantitative estimate of drug-likeness (QED) is 0.161. The Morgan fingerprint density at radius 3 is 1.34 bits per heavy atom. The van der Waals surface area contributed by atoms with E-state index in [0.717, 1.165) is 83.0 Å². The molecule has 0 unspecified atom stereocenters. The summed E-state index contributed by atoms with van der Waals surface area (Å²) in [6, 6.07) is 76.3. The van der Waals surface area contributed by atoms with Crippen molar-refractivity contribution >= 4 is 43.7 Å². The molecule has 0 radical (unpaired) electrons. The second kappa shape index (κ2) is 14.7. The van der Waals surface area contributed by atoms with Crippen molar-refractivity contribution in [2.45, 2.75) is 0 Å². The second-order valence-electron chi connectivity index (χ2n) is 15.6. The van der Waals surface area contributed by atoms with Crippen LogP contribution >= 0.6 is 0 Å². The van der Waals surface area contributed by atoms with Gasteiger partial charge in [-0.3, -0.25) is 0 Å². The van der Waals surface area contributed by atoms with Crippen molar-refractivity contribution in [3.8, 4) is 73.2 Å². The molecule has 0 saturated carbocycles. The van der Waals surface area contributed by atoms with E-state index in [-0.39, 0.29) is 0 Å². The Morgan fingerprint density at radius 1 is 0.274 bits per heavy atom. The van der Waals surface area contributed by atoms with Gasteiger partial charge in [0.15, 0.2) is 17.5 Å². The lowest BCUT2D eigenvalue weighted by Gasteiger charge is -2.11. The van der Waals surface area contributed by atoms with Crippen LogP contribution in [-0.2, 0) is 0 Å².